The van der Waals surface area contributed by atoms with Crippen LogP contribution < -0.4 is 10.6 Å². The van der Waals surface area contributed by atoms with Gasteiger partial charge in [0.05, 0.1) is 12.3 Å². The highest BCUT2D eigenvalue weighted by Crippen LogP contribution is 2.24. The molecule has 1 aromatic heterocycles. The highest BCUT2D eigenvalue weighted by atomic mass is 16.3. The molecule has 2 aromatic rings. The van der Waals surface area contributed by atoms with Crippen molar-refractivity contribution in [2.24, 2.45) is 0 Å². The van der Waals surface area contributed by atoms with E-state index in [1.54, 1.807) is 6.26 Å². The lowest BCUT2D eigenvalue weighted by atomic mass is 10.1. The zero-order valence-electron chi connectivity index (χ0n) is 14.1. The maximum absolute atomic E-state index is 12.1. The Kier molecular flexibility index (Phi) is 5.54. The number of furan rings is 1. The van der Waals surface area contributed by atoms with Crippen molar-refractivity contribution in [2.75, 3.05) is 19.6 Å². The zero-order chi connectivity index (χ0) is 16.8. The third-order valence-electron chi connectivity index (χ3n) is 4.61. The molecule has 1 atom stereocenters. The first-order chi connectivity index (χ1) is 11.7. The number of amides is 2. The maximum atomic E-state index is 12.1. The average molecular weight is 327 g/mol. The second-order valence-corrected chi connectivity index (χ2v) is 6.26. The highest BCUT2D eigenvalue weighted by Gasteiger charge is 2.25. The summed E-state index contributed by atoms with van der Waals surface area (Å²) in [6.45, 7) is 5.24. The van der Waals surface area contributed by atoms with Gasteiger partial charge in [0.2, 0.25) is 0 Å². The molecule has 1 unspecified atom stereocenters. The van der Waals surface area contributed by atoms with Gasteiger partial charge in [-0.05, 0) is 56.1 Å². The van der Waals surface area contributed by atoms with Crippen molar-refractivity contribution < 1.29 is 9.21 Å². The highest BCUT2D eigenvalue weighted by molar-refractivity contribution is 5.73. The Balaban J connectivity index is 1.52. The van der Waals surface area contributed by atoms with Crippen LogP contribution >= 0.6 is 0 Å². The summed E-state index contributed by atoms with van der Waals surface area (Å²) >= 11 is 0. The van der Waals surface area contributed by atoms with Gasteiger partial charge in [-0.25, -0.2) is 4.79 Å². The predicted molar refractivity (Wildman–Crippen MR) is 93.7 cm³/mol. The number of benzene rings is 1. The predicted octanol–water partition coefficient (Wildman–Crippen LogP) is 3.22. The van der Waals surface area contributed by atoms with E-state index < -0.39 is 0 Å². The van der Waals surface area contributed by atoms with Crippen LogP contribution in [0.15, 0.2) is 47.1 Å². The molecular formula is C19H25N3O2. The van der Waals surface area contributed by atoms with E-state index in [0.717, 1.165) is 24.4 Å². The third kappa shape index (κ3) is 4.17. The van der Waals surface area contributed by atoms with Gasteiger partial charge in [0.15, 0.2) is 0 Å². The summed E-state index contributed by atoms with van der Waals surface area (Å²) in [4.78, 5) is 14.5. The van der Waals surface area contributed by atoms with Crippen molar-refractivity contribution in [1.29, 1.82) is 0 Å². The van der Waals surface area contributed by atoms with Gasteiger partial charge in [0, 0.05) is 13.1 Å². The number of hydrogen-bond acceptors (Lipinski definition) is 3. The average Bonchev–Trinajstić information content (AvgIpc) is 3.28. The lowest BCUT2D eigenvalue weighted by Gasteiger charge is -2.26. The first kappa shape index (κ1) is 16.6. The summed E-state index contributed by atoms with van der Waals surface area (Å²) < 4.78 is 5.57. The van der Waals surface area contributed by atoms with Crippen LogP contribution in [-0.2, 0) is 6.54 Å². The lowest BCUT2D eigenvalue weighted by molar-refractivity contribution is 0.203. The van der Waals surface area contributed by atoms with Crippen molar-refractivity contribution in [3.05, 3.63) is 59.5 Å². The fraction of sp³-hybridized carbons (Fsp3) is 0.421. The molecule has 1 aliphatic rings. The SMILES string of the molecule is Cc1ccccc1CNC(=O)NCC(c1ccco1)N1CCCC1. The largest absolute Gasteiger partial charge is 0.468 e. The minimum Gasteiger partial charge on any atom is -0.468 e. The molecule has 5 nitrogen and oxygen atoms in total. The number of aryl methyl sites for hydroxylation is 1. The Labute approximate surface area is 143 Å². The number of rotatable bonds is 6. The molecule has 5 heteroatoms. The molecule has 1 fully saturated rings. The topological polar surface area (TPSA) is 57.5 Å². The van der Waals surface area contributed by atoms with Crippen molar-refractivity contribution in [3.63, 3.8) is 0 Å². The van der Waals surface area contributed by atoms with E-state index in [-0.39, 0.29) is 12.1 Å². The van der Waals surface area contributed by atoms with Gasteiger partial charge < -0.3 is 15.1 Å². The minimum atomic E-state index is -0.144. The Hall–Kier alpha value is -2.27. The molecule has 1 saturated heterocycles. The van der Waals surface area contributed by atoms with Crippen LogP contribution in [0.5, 0.6) is 0 Å². The van der Waals surface area contributed by atoms with Crippen LogP contribution in [-0.4, -0.2) is 30.6 Å². The van der Waals surface area contributed by atoms with Gasteiger partial charge in [-0.3, -0.25) is 4.90 Å². The van der Waals surface area contributed by atoms with E-state index >= 15 is 0 Å². The summed E-state index contributed by atoms with van der Waals surface area (Å²) in [5.41, 5.74) is 2.32. The summed E-state index contributed by atoms with van der Waals surface area (Å²) in [6.07, 6.45) is 4.10. The molecule has 3 rings (SSSR count). The summed E-state index contributed by atoms with van der Waals surface area (Å²) in [6, 6.07) is 11.9. The number of nitrogens with zero attached hydrogens (tertiary/aromatic N) is 1. The number of hydrogen-bond donors (Lipinski definition) is 2. The molecule has 1 aliphatic heterocycles. The van der Waals surface area contributed by atoms with E-state index in [4.69, 9.17) is 4.42 Å². The van der Waals surface area contributed by atoms with Crippen molar-refractivity contribution in [3.8, 4) is 0 Å². The molecule has 0 radical (unpaired) electrons. The van der Waals surface area contributed by atoms with Crippen molar-refractivity contribution in [1.82, 2.24) is 15.5 Å². The van der Waals surface area contributed by atoms with Crippen molar-refractivity contribution >= 4 is 6.03 Å². The van der Waals surface area contributed by atoms with Gasteiger partial charge >= 0.3 is 6.03 Å². The molecule has 24 heavy (non-hydrogen) atoms. The van der Waals surface area contributed by atoms with Gasteiger partial charge in [-0.2, -0.15) is 0 Å². The van der Waals surface area contributed by atoms with Crippen LogP contribution in [0, 0.1) is 6.92 Å². The van der Waals surface area contributed by atoms with E-state index in [2.05, 4.69) is 28.5 Å². The fourth-order valence-electron chi connectivity index (χ4n) is 3.18. The molecule has 2 heterocycles. The summed E-state index contributed by atoms with van der Waals surface area (Å²) in [5, 5.41) is 5.92. The van der Waals surface area contributed by atoms with Crippen LogP contribution in [0.1, 0.15) is 35.8 Å². The Bertz CT molecular complexity index is 648. The van der Waals surface area contributed by atoms with E-state index in [0.29, 0.717) is 13.1 Å². The van der Waals surface area contributed by atoms with E-state index in [1.807, 2.05) is 30.3 Å². The molecule has 2 amide bonds. The number of likely N-dealkylation sites (tertiary alicyclic amines) is 1. The standard InChI is InChI=1S/C19H25N3O2/c1-15-7-2-3-8-16(15)13-20-19(23)21-14-17(18-9-6-12-24-18)22-10-4-5-11-22/h2-3,6-9,12,17H,4-5,10-11,13-14H2,1H3,(H2,20,21,23). The second-order valence-electron chi connectivity index (χ2n) is 6.26. The quantitative estimate of drug-likeness (QED) is 0.856. The Morgan fingerprint density at radius 2 is 1.96 bits per heavy atom. The second kappa shape index (κ2) is 8.02. The lowest BCUT2D eigenvalue weighted by Crippen LogP contribution is -2.41. The van der Waals surface area contributed by atoms with E-state index in [1.165, 1.54) is 18.4 Å². The Morgan fingerprint density at radius 3 is 2.67 bits per heavy atom. The molecule has 0 bridgehead atoms. The summed E-state index contributed by atoms with van der Waals surface area (Å²) in [5.74, 6) is 0.913. The summed E-state index contributed by atoms with van der Waals surface area (Å²) in [7, 11) is 0. The Morgan fingerprint density at radius 1 is 1.17 bits per heavy atom. The molecule has 0 aliphatic carbocycles. The number of carbonyl (C=O) groups is 1. The molecule has 0 saturated carbocycles. The normalized spacial score (nSPS) is 16.0. The fourth-order valence-corrected chi connectivity index (χ4v) is 3.18. The van der Waals surface area contributed by atoms with Crippen LogP contribution in [0.25, 0.3) is 0 Å². The molecule has 1 aromatic carbocycles. The van der Waals surface area contributed by atoms with Crippen LogP contribution in [0.2, 0.25) is 0 Å². The zero-order valence-corrected chi connectivity index (χ0v) is 14.1. The van der Waals surface area contributed by atoms with Gasteiger partial charge in [0.1, 0.15) is 5.76 Å². The first-order valence-electron chi connectivity index (χ1n) is 8.57. The molecule has 128 valence electrons. The molecular weight excluding hydrogens is 302 g/mol. The maximum Gasteiger partial charge on any atom is 0.315 e. The van der Waals surface area contributed by atoms with Gasteiger partial charge in [0.25, 0.3) is 0 Å². The van der Waals surface area contributed by atoms with Crippen molar-refractivity contribution in [2.45, 2.75) is 32.4 Å². The minimum absolute atomic E-state index is 0.103. The number of carbonyl (C=O) groups excluding carboxylic acids is 1. The van der Waals surface area contributed by atoms with Gasteiger partial charge in [-0.15, -0.1) is 0 Å². The monoisotopic (exact) mass is 327 g/mol. The smallest absolute Gasteiger partial charge is 0.315 e. The van der Waals surface area contributed by atoms with Gasteiger partial charge in [-0.1, -0.05) is 24.3 Å². The van der Waals surface area contributed by atoms with Crippen LogP contribution in [0.4, 0.5) is 4.79 Å². The molecule has 0 spiro atoms. The first-order valence-corrected chi connectivity index (χ1v) is 8.57. The van der Waals surface area contributed by atoms with Crippen LogP contribution in [0.3, 0.4) is 0 Å². The number of nitrogens with one attached hydrogen (secondary N) is 2. The third-order valence-corrected chi connectivity index (χ3v) is 4.61. The van der Waals surface area contributed by atoms with E-state index in [9.17, 15) is 4.79 Å². The number of urea groups is 1. The molecule has 2 N–H and O–H groups in total.